The maximum Gasteiger partial charge on any atom is 0.202 e. The molecule has 0 radical (unpaired) electrons. The lowest BCUT2D eigenvalue weighted by atomic mass is 9.95. The number of hydrogen-bond donors (Lipinski definition) is 1. The topological polar surface area (TPSA) is 29.9 Å². The molecule has 1 rings (SSSR count). The van der Waals surface area contributed by atoms with Crippen LogP contribution in [0.4, 0.5) is 5.95 Å². The average Bonchev–Trinajstić information content (AvgIpc) is 2.67. The second kappa shape index (κ2) is 5.03. The number of nitrogens with zero attached hydrogens (tertiary/aromatic N) is 2. The van der Waals surface area contributed by atoms with E-state index in [1.54, 1.807) is 0 Å². The van der Waals surface area contributed by atoms with Gasteiger partial charge in [-0.1, -0.05) is 26.7 Å². The normalized spacial score (nSPS) is 13.2. The Morgan fingerprint density at radius 3 is 2.57 bits per heavy atom. The summed E-state index contributed by atoms with van der Waals surface area (Å²) in [6, 6.07) is 0.523. The van der Waals surface area contributed by atoms with Crippen LogP contribution >= 0.6 is 0 Å². The van der Waals surface area contributed by atoms with E-state index < -0.39 is 0 Å². The molecular weight excluding hydrogens is 174 g/mol. The maximum atomic E-state index is 4.26. The first-order valence-corrected chi connectivity index (χ1v) is 5.45. The highest BCUT2D eigenvalue weighted by molar-refractivity contribution is 5.25. The minimum atomic E-state index is 0.523. The van der Waals surface area contributed by atoms with Crippen LogP contribution in [0.25, 0.3) is 0 Å². The quantitative estimate of drug-likeness (QED) is 0.783. The van der Waals surface area contributed by atoms with E-state index in [1.165, 1.54) is 12.8 Å². The summed E-state index contributed by atoms with van der Waals surface area (Å²) in [4.78, 5) is 4.26. The van der Waals surface area contributed by atoms with Crippen molar-refractivity contribution >= 4 is 5.95 Å². The SMILES string of the molecule is CCC(CC)C(C)n1ccnc1NC. The number of hydrogen-bond acceptors (Lipinski definition) is 2. The largest absolute Gasteiger partial charge is 0.359 e. The van der Waals surface area contributed by atoms with Gasteiger partial charge in [0, 0.05) is 25.5 Å². The molecule has 0 aromatic carbocycles. The molecule has 0 spiro atoms. The summed E-state index contributed by atoms with van der Waals surface area (Å²) in [5.74, 6) is 1.70. The molecule has 1 aromatic heterocycles. The number of aromatic nitrogens is 2. The van der Waals surface area contributed by atoms with Crippen molar-refractivity contribution in [1.82, 2.24) is 9.55 Å². The van der Waals surface area contributed by atoms with Crippen molar-refractivity contribution in [3.8, 4) is 0 Å². The smallest absolute Gasteiger partial charge is 0.202 e. The van der Waals surface area contributed by atoms with E-state index in [0.717, 1.165) is 11.9 Å². The molecule has 0 aliphatic rings. The van der Waals surface area contributed by atoms with Crippen LogP contribution in [-0.2, 0) is 0 Å². The summed E-state index contributed by atoms with van der Waals surface area (Å²) in [7, 11) is 1.92. The molecule has 1 unspecified atom stereocenters. The number of rotatable bonds is 5. The third-order valence-corrected chi connectivity index (χ3v) is 3.06. The number of nitrogens with one attached hydrogen (secondary N) is 1. The van der Waals surface area contributed by atoms with Crippen molar-refractivity contribution in [2.75, 3.05) is 12.4 Å². The van der Waals surface area contributed by atoms with Gasteiger partial charge in [-0.3, -0.25) is 0 Å². The molecule has 0 aliphatic carbocycles. The molecule has 1 atom stereocenters. The van der Waals surface area contributed by atoms with Crippen molar-refractivity contribution < 1.29 is 0 Å². The van der Waals surface area contributed by atoms with Crippen LogP contribution in [0.2, 0.25) is 0 Å². The Hall–Kier alpha value is -0.990. The molecule has 0 bridgehead atoms. The van der Waals surface area contributed by atoms with E-state index in [9.17, 15) is 0 Å². The molecule has 0 saturated carbocycles. The number of anilines is 1. The molecular formula is C11H21N3. The minimum absolute atomic E-state index is 0.523. The Morgan fingerprint density at radius 2 is 2.07 bits per heavy atom. The van der Waals surface area contributed by atoms with Gasteiger partial charge in [-0.25, -0.2) is 4.98 Å². The highest BCUT2D eigenvalue weighted by atomic mass is 15.2. The Kier molecular flexibility index (Phi) is 3.98. The molecule has 80 valence electrons. The summed E-state index contributed by atoms with van der Waals surface area (Å²) in [5.41, 5.74) is 0. The highest BCUT2D eigenvalue weighted by Gasteiger charge is 2.16. The molecule has 1 N–H and O–H groups in total. The third-order valence-electron chi connectivity index (χ3n) is 3.06. The van der Waals surface area contributed by atoms with Crippen LogP contribution in [0, 0.1) is 5.92 Å². The fraction of sp³-hybridized carbons (Fsp3) is 0.727. The van der Waals surface area contributed by atoms with E-state index in [0.29, 0.717) is 6.04 Å². The number of imidazole rings is 1. The van der Waals surface area contributed by atoms with E-state index in [1.807, 2.05) is 13.2 Å². The molecule has 0 saturated heterocycles. The molecule has 1 heterocycles. The monoisotopic (exact) mass is 195 g/mol. The molecule has 0 aliphatic heterocycles. The fourth-order valence-electron chi connectivity index (χ4n) is 2.03. The summed E-state index contributed by atoms with van der Waals surface area (Å²) in [6.07, 6.45) is 6.34. The van der Waals surface area contributed by atoms with Gasteiger partial charge >= 0.3 is 0 Å². The van der Waals surface area contributed by atoms with Crippen LogP contribution in [0.3, 0.4) is 0 Å². The Balaban J connectivity index is 2.81. The Bertz CT molecular complexity index is 263. The molecule has 0 fully saturated rings. The van der Waals surface area contributed by atoms with Crippen LogP contribution in [0.1, 0.15) is 39.7 Å². The average molecular weight is 195 g/mol. The zero-order valence-electron chi connectivity index (χ0n) is 9.62. The van der Waals surface area contributed by atoms with E-state index in [4.69, 9.17) is 0 Å². The zero-order chi connectivity index (χ0) is 10.6. The summed E-state index contributed by atoms with van der Waals surface area (Å²) in [5, 5.41) is 3.11. The van der Waals surface area contributed by atoms with E-state index in [-0.39, 0.29) is 0 Å². The third kappa shape index (κ3) is 2.08. The van der Waals surface area contributed by atoms with Gasteiger partial charge in [0.25, 0.3) is 0 Å². The first kappa shape index (κ1) is 11.1. The van der Waals surface area contributed by atoms with Gasteiger partial charge in [-0.15, -0.1) is 0 Å². The van der Waals surface area contributed by atoms with Crippen LogP contribution in [-0.4, -0.2) is 16.6 Å². The van der Waals surface area contributed by atoms with Gasteiger partial charge in [-0.05, 0) is 12.8 Å². The van der Waals surface area contributed by atoms with Gasteiger partial charge < -0.3 is 9.88 Å². The predicted molar refractivity (Wildman–Crippen MR) is 60.6 cm³/mol. The van der Waals surface area contributed by atoms with Crippen molar-refractivity contribution in [2.45, 2.75) is 39.7 Å². The van der Waals surface area contributed by atoms with Gasteiger partial charge in [0.15, 0.2) is 0 Å². The summed E-state index contributed by atoms with van der Waals surface area (Å²) < 4.78 is 2.22. The predicted octanol–water partition coefficient (Wildman–Crippen LogP) is 2.92. The lowest BCUT2D eigenvalue weighted by Crippen LogP contribution is -2.16. The molecule has 0 amide bonds. The van der Waals surface area contributed by atoms with Gasteiger partial charge in [-0.2, -0.15) is 0 Å². The van der Waals surface area contributed by atoms with E-state index in [2.05, 4.69) is 41.8 Å². The van der Waals surface area contributed by atoms with Gasteiger partial charge in [0.05, 0.1) is 0 Å². The first-order chi connectivity index (χ1) is 6.74. The van der Waals surface area contributed by atoms with Crippen LogP contribution in [0.5, 0.6) is 0 Å². The Labute approximate surface area is 86.5 Å². The summed E-state index contributed by atoms with van der Waals surface area (Å²) >= 11 is 0. The van der Waals surface area contributed by atoms with E-state index >= 15 is 0 Å². The summed E-state index contributed by atoms with van der Waals surface area (Å²) in [6.45, 7) is 6.77. The fourth-order valence-corrected chi connectivity index (χ4v) is 2.03. The standard InChI is InChI=1S/C11H21N3/c1-5-10(6-2)9(3)14-8-7-13-11(14)12-4/h7-10H,5-6H2,1-4H3,(H,12,13). The molecule has 3 heteroatoms. The maximum absolute atomic E-state index is 4.26. The van der Waals surface area contributed by atoms with Gasteiger partial charge in [0.2, 0.25) is 5.95 Å². The van der Waals surface area contributed by atoms with Crippen LogP contribution < -0.4 is 5.32 Å². The van der Waals surface area contributed by atoms with Crippen LogP contribution in [0.15, 0.2) is 12.4 Å². The van der Waals surface area contributed by atoms with Crippen molar-refractivity contribution in [1.29, 1.82) is 0 Å². The first-order valence-electron chi connectivity index (χ1n) is 5.45. The minimum Gasteiger partial charge on any atom is -0.359 e. The molecule has 3 nitrogen and oxygen atoms in total. The highest BCUT2D eigenvalue weighted by Crippen LogP contribution is 2.26. The molecule has 1 aromatic rings. The Morgan fingerprint density at radius 1 is 1.43 bits per heavy atom. The van der Waals surface area contributed by atoms with Crippen molar-refractivity contribution in [3.05, 3.63) is 12.4 Å². The lowest BCUT2D eigenvalue weighted by molar-refractivity contribution is 0.336. The zero-order valence-corrected chi connectivity index (χ0v) is 9.62. The van der Waals surface area contributed by atoms with Gasteiger partial charge in [0.1, 0.15) is 0 Å². The molecule has 14 heavy (non-hydrogen) atoms. The second-order valence-corrected chi connectivity index (χ2v) is 3.73. The second-order valence-electron chi connectivity index (χ2n) is 3.73. The van der Waals surface area contributed by atoms with Crippen molar-refractivity contribution in [3.63, 3.8) is 0 Å². The lowest BCUT2D eigenvalue weighted by Gasteiger charge is -2.24. The van der Waals surface area contributed by atoms with Crippen molar-refractivity contribution in [2.24, 2.45) is 5.92 Å².